The van der Waals surface area contributed by atoms with Gasteiger partial charge in [-0.05, 0) is 75.3 Å². The van der Waals surface area contributed by atoms with Gasteiger partial charge in [0.05, 0.1) is 18.2 Å². The number of aliphatic hydroxyl groups is 3. The molecule has 6 N–H and O–H groups in total. The van der Waals surface area contributed by atoms with E-state index in [1.165, 1.54) is 11.0 Å². The number of likely N-dealkylation sites (N-methyl/N-ethyl adjacent to an activating group) is 2. The number of phenolic OH excluding ortho intramolecular Hbond substituents is 1. The van der Waals surface area contributed by atoms with Gasteiger partial charge in [-0.15, -0.1) is 0 Å². The van der Waals surface area contributed by atoms with Gasteiger partial charge in [0.15, 0.2) is 17.2 Å². The molecule has 0 aliphatic heterocycles. The normalized spacial score (nSPS) is 25.1. The lowest BCUT2D eigenvalue weighted by Gasteiger charge is -2.50. The number of rotatable bonds is 7. The number of benzene rings is 2. The van der Waals surface area contributed by atoms with Crippen molar-refractivity contribution in [3.8, 4) is 16.9 Å². The molecular weight excluding hydrogens is 554 g/mol. The Balaban J connectivity index is 1.59. The zero-order valence-corrected chi connectivity index (χ0v) is 24.4. The molecule has 0 saturated carbocycles. The zero-order valence-electron chi connectivity index (χ0n) is 24.4. The Bertz CT molecular complexity index is 1620. The molecule has 0 saturated heterocycles. The van der Waals surface area contributed by atoms with E-state index in [1.807, 2.05) is 38.4 Å². The van der Waals surface area contributed by atoms with E-state index in [-0.39, 0.29) is 41.9 Å². The molecule has 4 atom stereocenters. The number of Topliss-reactive ketones (excluding diaryl/α,β-unsaturated/α-hetero) is 3. The number of aromatic hydroxyl groups is 1. The number of hydrogen-bond donors (Lipinski definition) is 5. The van der Waals surface area contributed by atoms with Gasteiger partial charge in [0, 0.05) is 17.9 Å². The van der Waals surface area contributed by atoms with Crippen LogP contribution in [0.5, 0.6) is 5.75 Å². The van der Waals surface area contributed by atoms with Crippen molar-refractivity contribution >= 4 is 23.3 Å². The average molecular weight is 590 g/mol. The highest BCUT2D eigenvalue weighted by Gasteiger charge is 2.63. The molecular formula is C32H35N3O8. The molecule has 1 unspecified atom stereocenters. The first-order valence-electron chi connectivity index (χ1n) is 13.9. The molecule has 0 spiro atoms. The molecule has 3 aliphatic carbocycles. The van der Waals surface area contributed by atoms with Gasteiger partial charge in [-0.1, -0.05) is 30.3 Å². The molecule has 11 heteroatoms. The molecule has 0 radical (unpaired) electrons. The summed E-state index contributed by atoms with van der Waals surface area (Å²) in [5.41, 5.74) is 4.39. The molecule has 0 fully saturated rings. The second-order valence-corrected chi connectivity index (χ2v) is 12.1. The van der Waals surface area contributed by atoms with Gasteiger partial charge in [0.1, 0.15) is 22.8 Å². The number of phenols is 1. The Labute approximate surface area is 248 Å². The van der Waals surface area contributed by atoms with Gasteiger partial charge >= 0.3 is 0 Å². The fraction of sp³-hybridized carbons (Fsp3) is 0.375. The number of amides is 1. The Morgan fingerprint density at radius 3 is 2.23 bits per heavy atom. The molecule has 3 aliphatic rings. The number of hydrogen-bond acceptors (Lipinski definition) is 10. The van der Waals surface area contributed by atoms with Crippen LogP contribution >= 0.6 is 0 Å². The van der Waals surface area contributed by atoms with E-state index in [4.69, 9.17) is 5.73 Å². The van der Waals surface area contributed by atoms with Gasteiger partial charge in [-0.2, -0.15) is 0 Å². The van der Waals surface area contributed by atoms with Crippen LogP contribution < -0.4 is 5.73 Å². The van der Waals surface area contributed by atoms with E-state index in [0.717, 1.165) is 11.1 Å². The summed E-state index contributed by atoms with van der Waals surface area (Å²) in [5.74, 6) is -6.81. The van der Waals surface area contributed by atoms with Crippen LogP contribution in [-0.2, 0) is 27.2 Å². The molecule has 2 aromatic carbocycles. The minimum Gasteiger partial charge on any atom is -0.510 e. The third-order valence-electron chi connectivity index (χ3n) is 8.76. The van der Waals surface area contributed by atoms with Crippen LogP contribution in [0.25, 0.3) is 11.1 Å². The highest BCUT2D eigenvalue weighted by molar-refractivity contribution is 6.24. The first kappa shape index (κ1) is 30.1. The summed E-state index contributed by atoms with van der Waals surface area (Å²) < 4.78 is 0. The minimum atomic E-state index is -2.68. The van der Waals surface area contributed by atoms with Gasteiger partial charge in [0.2, 0.25) is 5.78 Å². The summed E-state index contributed by atoms with van der Waals surface area (Å²) in [6, 6.07) is 9.37. The second kappa shape index (κ2) is 10.7. The highest BCUT2D eigenvalue weighted by Crippen LogP contribution is 2.53. The van der Waals surface area contributed by atoms with E-state index in [0.29, 0.717) is 17.7 Å². The fourth-order valence-corrected chi connectivity index (χ4v) is 6.96. The minimum absolute atomic E-state index is 0.00772. The third kappa shape index (κ3) is 4.73. The number of nitrogens with zero attached hydrogens (tertiary/aromatic N) is 2. The van der Waals surface area contributed by atoms with Crippen molar-refractivity contribution in [2.24, 2.45) is 17.6 Å². The largest absolute Gasteiger partial charge is 0.510 e. The first-order valence-corrected chi connectivity index (χ1v) is 13.9. The van der Waals surface area contributed by atoms with Crippen molar-refractivity contribution < 1.29 is 39.6 Å². The summed E-state index contributed by atoms with van der Waals surface area (Å²) in [4.78, 5) is 55.1. The fourth-order valence-electron chi connectivity index (χ4n) is 6.96. The Hall–Kier alpha value is -4.32. The standard InChI is InChI=1S/C32H35N3O8/c1-34(2)14-18(36)11-15-5-7-16(8-6-15)19-9-10-22(37)24-20(19)12-17-13-21-26(35(3)4)28(39)25(31(33)42)30(41)32(21,43)29(40)23(17)27(24)38/h5-10,17,21,26,37,39-40,43H,11-14H2,1-4H3,(H2,33,42)/t17-,21-,26?,32-/m0/s1. The molecule has 11 nitrogen and oxygen atoms in total. The lowest BCUT2D eigenvalue weighted by Crippen LogP contribution is -2.63. The maximum atomic E-state index is 13.9. The third-order valence-corrected chi connectivity index (χ3v) is 8.76. The van der Waals surface area contributed by atoms with Gasteiger partial charge in [0.25, 0.3) is 5.91 Å². The Kier molecular flexibility index (Phi) is 7.54. The SMILES string of the molecule is CN(C)CC(=O)Cc1ccc(-c2ccc(O)c3c2C[C@H]2C[C@H]4C(N(C)C)C(O)=C(C(N)=O)C(=O)[C@@]4(O)C(O)=C2C3=O)cc1. The molecule has 226 valence electrons. The predicted octanol–water partition coefficient (Wildman–Crippen LogP) is 1.46. The molecule has 0 aromatic heterocycles. The van der Waals surface area contributed by atoms with E-state index in [2.05, 4.69) is 0 Å². The topological polar surface area (TPSA) is 182 Å². The average Bonchev–Trinajstić information content (AvgIpc) is 2.90. The van der Waals surface area contributed by atoms with Gasteiger partial charge in [-0.3, -0.25) is 24.1 Å². The van der Waals surface area contributed by atoms with Crippen LogP contribution in [-0.4, -0.2) is 99.9 Å². The van der Waals surface area contributed by atoms with Crippen molar-refractivity contribution in [2.75, 3.05) is 34.7 Å². The first-order chi connectivity index (χ1) is 20.2. The smallest absolute Gasteiger partial charge is 0.255 e. The van der Waals surface area contributed by atoms with Crippen LogP contribution in [0.15, 0.2) is 59.1 Å². The number of aliphatic hydroxyl groups excluding tert-OH is 2. The number of fused-ring (bicyclic) bond motifs is 3. The van der Waals surface area contributed by atoms with Crippen molar-refractivity contribution in [3.63, 3.8) is 0 Å². The lowest BCUT2D eigenvalue weighted by atomic mass is 9.58. The molecule has 0 heterocycles. The number of ketones is 3. The number of carbonyl (C=O) groups excluding carboxylic acids is 4. The number of carbonyl (C=O) groups is 4. The monoisotopic (exact) mass is 589 g/mol. The van der Waals surface area contributed by atoms with Crippen molar-refractivity contribution in [1.29, 1.82) is 0 Å². The van der Waals surface area contributed by atoms with E-state index in [1.54, 1.807) is 25.1 Å². The predicted molar refractivity (Wildman–Crippen MR) is 156 cm³/mol. The van der Waals surface area contributed by atoms with Crippen LogP contribution in [0.3, 0.4) is 0 Å². The lowest BCUT2D eigenvalue weighted by molar-refractivity contribution is -0.148. The molecule has 2 aromatic rings. The number of primary amides is 1. The second-order valence-electron chi connectivity index (χ2n) is 12.1. The highest BCUT2D eigenvalue weighted by atomic mass is 16.3. The summed E-state index contributed by atoms with van der Waals surface area (Å²) in [6.07, 6.45) is 0.462. The molecule has 43 heavy (non-hydrogen) atoms. The molecule has 0 bridgehead atoms. The van der Waals surface area contributed by atoms with Crippen LogP contribution in [0, 0.1) is 11.8 Å². The maximum absolute atomic E-state index is 13.9. The summed E-state index contributed by atoms with van der Waals surface area (Å²) in [5, 5.41) is 44.9. The van der Waals surface area contributed by atoms with Gasteiger partial charge in [-0.25, -0.2) is 0 Å². The van der Waals surface area contributed by atoms with Crippen LogP contribution in [0.2, 0.25) is 0 Å². The maximum Gasteiger partial charge on any atom is 0.255 e. The number of nitrogens with two attached hydrogens (primary N) is 1. The summed E-state index contributed by atoms with van der Waals surface area (Å²) in [7, 11) is 6.82. The van der Waals surface area contributed by atoms with Gasteiger partial charge < -0.3 is 31.1 Å². The summed E-state index contributed by atoms with van der Waals surface area (Å²) in [6.45, 7) is 0.327. The van der Waals surface area contributed by atoms with Crippen LogP contribution in [0.4, 0.5) is 0 Å². The quantitative estimate of drug-likeness (QED) is 0.297. The van der Waals surface area contributed by atoms with Crippen LogP contribution in [0.1, 0.15) is 27.9 Å². The van der Waals surface area contributed by atoms with Crippen molar-refractivity contribution in [3.05, 3.63) is 75.8 Å². The summed E-state index contributed by atoms with van der Waals surface area (Å²) >= 11 is 0. The van der Waals surface area contributed by atoms with E-state index >= 15 is 0 Å². The van der Waals surface area contributed by atoms with Crippen molar-refractivity contribution in [2.45, 2.75) is 30.9 Å². The molecule has 1 amide bonds. The van der Waals surface area contributed by atoms with E-state index in [9.17, 15) is 39.6 Å². The van der Waals surface area contributed by atoms with E-state index < -0.39 is 58.0 Å². The van der Waals surface area contributed by atoms with Crippen molar-refractivity contribution in [1.82, 2.24) is 9.80 Å². The Morgan fingerprint density at radius 2 is 1.65 bits per heavy atom. The molecule has 5 rings (SSSR count). The number of allylic oxidation sites excluding steroid dienone is 1. The zero-order chi connectivity index (χ0) is 31.5. The Morgan fingerprint density at radius 1 is 1.00 bits per heavy atom.